The van der Waals surface area contributed by atoms with Crippen LogP contribution in [0.15, 0.2) is 30.3 Å². The average molecular weight is 415 g/mol. The Hall–Kier alpha value is -2.34. The minimum atomic E-state index is -0.759. The lowest BCUT2D eigenvalue weighted by Gasteiger charge is -2.30. The standard InChI is InChI=1S/C24H34N2O4/c1-23(2,3)29-21(27)20(25-15-16-10-9-11-16)19-14-17-12-7-8-13-18(17)26(19)22(28)30-24(4,5)6/h7-8,12-14,16,20,25H,9-11,15H2,1-6H3. The number of hydrogen-bond acceptors (Lipinski definition) is 5. The molecule has 1 saturated carbocycles. The first kappa shape index (κ1) is 22.3. The largest absolute Gasteiger partial charge is 0.459 e. The molecule has 0 radical (unpaired) electrons. The molecule has 1 fully saturated rings. The van der Waals surface area contributed by atoms with Crippen LogP contribution in [0.3, 0.4) is 0 Å². The van der Waals surface area contributed by atoms with Gasteiger partial charge in [-0.05, 0) is 79.0 Å². The summed E-state index contributed by atoms with van der Waals surface area (Å²) in [5.41, 5.74) is -0.0312. The van der Waals surface area contributed by atoms with Gasteiger partial charge in [-0.1, -0.05) is 24.6 Å². The Morgan fingerprint density at radius 3 is 2.27 bits per heavy atom. The monoisotopic (exact) mass is 414 g/mol. The van der Waals surface area contributed by atoms with Crippen LogP contribution in [0.5, 0.6) is 0 Å². The number of para-hydroxylation sites is 1. The van der Waals surface area contributed by atoms with Crippen LogP contribution in [-0.2, 0) is 14.3 Å². The fraction of sp³-hybridized carbons (Fsp3) is 0.583. The minimum Gasteiger partial charge on any atom is -0.459 e. The van der Waals surface area contributed by atoms with Crippen LogP contribution in [0, 0.1) is 5.92 Å². The summed E-state index contributed by atoms with van der Waals surface area (Å²) < 4.78 is 12.9. The van der Waals surface area contributed by atoms with E-state index in [1.165, 1.54) is 11.0 Å². The van der Waals surface area contributed by atoms with Crippen molar-refractivity contribution in [2.75, 3.05) is 6.54 Å². The number of ether oxygens (including phenoxy) is 2. The molecule has 30 heavy (non-hydrogen) atoms. The zero-order valence-electron chi connectivity index (χ0n) is 19.0. The first-order chi connectivity index (χ1) is 13.9. The zero-order valence-corrected chi connectivity index (χ0v) is 19.0. The molecule has 2 aromatic rings. The molecule has 0 amide bonds. The fourth-order valence-corrected chi connectivity index (χ4v) is 3.55. The molecule has 0 spiro atoms. The highest BCUT2D eigenvalue weighted by Gasteiger charge is 2.33. The van der Waals surface area contributed by atoms with E-state index < -0.39 is 29.3 Å². The van der Waals surface area contributed by atoms with Crippen LogP contribution >= 0.6 is 0 Å². The summed E-state index contributed by atoms with van der Waals surface area (Å²) in [5.74, 6) is 0.156. The normalized spacial score (nSPS) is 16.2. The predicted octanol–water partition coefficient (Wildman–Crippen LogP) is 5.20. The molecule has 3 rings (SSSR count). The van der Waals surface area contributed by atoms with E-state index in [0.29, 0.717) is 23.7 Å². The first-order valence-corrected chi connectivity index (χ1v) is 10.7. The molecule has 1 aromatic heterocycles. The van der Waals surface area contributed by atoms with Gasteiger partial charge in [0.2, 0.25) is 0 Å². The quantitative estimate of drug-likeness (QED) is 0.681. The number of benzene rings is 1. The van der Waals surface area contributed by atoms with Gasteiger partial charge in [-0.2, -0.15) is 0 Å². The zero-order chi connectivity index (χ0) is 22.1. The average Bonchev–Trinajstić information content (AvgIpc) is 2.92. The molecular weight excluding hydrogens is 380 g/mol. The number of rotatable bonds is 5. The second-order valence-electron chi connectivity index (χ2n) is 10.1. The van der Waals surface area contributed by atoms with Crippen molar-refractivity contribution in [1.29, 1.82) is 0 Å². The molecular formula is C24H34N2O4. The highest BCUT2D eigenvalue weighted by Crippen LogP contribution is 2.30. The lowest BCUT2D eigenvalue weighted by Crippen LogP contribution is -2.40. The predicted molar refractivity (Wildman–Crippen MR) is 117 cm³/mol. The molecule has 0 saturated heterocycles. The van der Waals surface area contributed by atoms with Crippen molar-refractivity contribution >= 4 is 23.0 Å². The maximum Gasteiger partial charge on any atom is 0.419 e. The molecule has 0 bridgehead atoms. The number of nitrogens with one attached hydrogen (secondary N) is 1. The Kier molecular flexibility index (Phi) is 6.27. The Labute approximate surface area is 178 Å². The van der Waals surface area contributed by atoms with E-state index in [0.717, 1.165) is 18.2 Å². The minimum absolute atomic E-state index is 0.394. The molecule has 164 valence electrons. The highest BCUT2D eigenvalue weighted by atomic mass is 16.6. The molecule has 6 heteroatoms. The molecule has 1 aliphatic rings. The molecule has 1 N–H and O–H groups in total. The number of fused-ring (bicyclic) bond motifs is 1. The van der Waals surface area contributed by atoms with E-state index in [9.17, 15) is 9.59 Å². The molecule has 1 aliphatic carbocycles. The maximum absolute atomic E-state index is 13.2. The van der Waals surface area contributed by atoms with E-state index in [4.69, 9.17) is 9.47 Å². The Bertz CT molecular complexity index is 913. The van der Waals surface area contributed by atoms with Crippen LogP contribution in [0.25, 0.3) is 10.9 Å². The van der Waals surface area contributed by atoms with Crippen molar-refractivity contribution in [2.24, 2.45) is 5.92 Å². The van der Waals surface area contributed by atoms with E-state index in [2.05, 4.69) is 5.32 Å². The van der Waals surface area contributed by atoms with Gasteiger partial charge >= 0.3 is 12.1 Å². The van der Waals surface area contributed by atoms with Gasteiger partial charge in [0.05, 0.1) is 11.2 Å². The summed E-state index contributed by atoms with van der Waals surface area (Å²) in [6, 6.07) is 8.69. The van der Waals surface area contributed by atoms with Crippen LogP contribution < -0.4 is 5.32 Å². The van der Waals surface area contributed by atoms with Crippen molar-refractivity contribution in [2.45, 2.75) is 78.0 Å². The van der Waals surface area contributed by atoms with Gasteiger partial charge in [-0.25, -0.2) is 14.2 Å². The Morgan fingerprint density at radius 1 is 1.07 bits per heavy atom. The van der Waals surface area contributed by atoms with E-state index in [1.807, 2.05) is 71.9 Å². The number of aromatic nitrogens is 1. The third kappa shape index (κ3) is 5.42. The number of carbonyl (C=O) groups is 2. The van der Waals surface area contributed by atoms with Crippen molar-refractivity contribution in [3.05, 3.63) is 36.0 Å². The summed E-state index contributed by atoms with van der Waals surface area (Å²) in [6.45, 7) is 11.7. The highest BCUT2D eigenvalue weighted by molar-refractivity contribution is 5.93. The van der Waals surface area contributed by atoms with Gasteiger partial charge in [0, 0.05) is 5.39 Å². The summed E-state index contributed by atoms with van der Waals surface area (Å²) in [7, 11) is 0. The molecule has 1 heterocycles. The van der Waals surface area contributed by atoms with Gasteiger partial charge in [-0.15, -0.1) is 0 Å². The van der Waals surface area contributed by atoms with Crippen molar-refractivity contribution < 1.29 is 19.1 Å². The summed E-state index contributed by atoms with van der Waals surface area (Å²) in [6.07, 6.45) is 3.03. The van der Waals surface area contributed by atoms with Gasteiger partial charge < -0.3 is 9.47 Å². The summed E-state index contributed by atoms with van der Waals surface area (Å²) >= 11 is 0. The van der Waals surface area contributed by atoms with Gasteiger partial charge in [0.1, 0.15) is 17.2 Å². The topological polar surface area (TPSA) is 69.6 Å². The molecule has 1 aromatic carbocycles. The molecule has 1 unspecified atom stereocenters. The van der Waals surface area contributed by atoms with Gasteiger partial charge in [0.25, 0.3) is 0 Å². The van der Waals surface area contributed by atoms with Crippen molar-refractivity contribution in [1.82, 2.24) is 9.88 Å². The lowest BCUT2D eigenvalue weighted by atomic mass is 9.85. The smallest absolute Gasteiger partial charge is 0.419 e. The van der Waals surface area contributed by atoms with Crippen molar-refractivity contribution in [3.8, 4) is 0 Å². The Balaban J connectivity index is 2.03. The number of carbonyl (C=O) groups excluding carboxylic acids is 2. The Morgan fingerprint density at radius 2 is 1.70 bits per heavy atom. The second-order valence-corrected chi connectivity index (χ2v) is 10.1. The number of nitrogens with zero attached hydrogens (tertiary/aromatic N) is 1. The van der Waals surface area contributed by atoms with E-state index >= 15 is 0 Å². The van der Waals surface area contributed by atoms with Crippen LogP contribution in [0.1, 0.15) is 72.5 Å². The van der Waals surface area contributed by atoms with Gasteiger partial charge in [-0.3, -0.25) is 5.32 Å². The third-order valence-corrected chi connectivity index (χ3v) is 5.09. The SMILES string of the molecule is CC(C)(C)OC(=O)C(NCC1CCC1)c1cc2ccccc2n1C(=O)OC(C)(C)C. The van der Waals surface area contributed by atoms with Crippen LogP contribution in [0.2, 0.25) is 0 Å². The summed E-state index contributed by atoms with van der Waals surface area (Å²) in [5, 5.41) is 4.25. The van der Waals surface area contributed by atoms with Crippen LogP contribution in [0.4, 0.5) is 4.79 Å². The van der Waals surface area contributed by atoms with Crippen molar-refractivity contribution in [3.63, 3.8) is 0 Å². The van der Waals surface area contributed by atoms with Gasteiger partial charge in [0.15, 0.2) is 0 Å². The lowest BCUT2D eigenvalue weighted by molar-refractivity contribution is -0.158. The summed E-state index contributed by atoms with van der Waals surface area (Å²) in [4.78, 5) is 26.3. The first-order valence-electron chi connectivity index (χ1n) is 10.7. The number of esters is 1. The molecule has 1 atom stereocenters. The van der Waals surface area contributed by atoms with Crippen LogP contribution in [-0.4, -0.2) is 34.4 Å². The maximum atomic E-state index is 13.2. The van der Waals surface area contributed by atoms with E-state index in [1.54, 1.807) is 0 Å². The fourth-order valence-electron chi connectivity index (χ4n) is 3.55. The molecule has 6 nitrogen and oxygen atoms in total. The molecule has 0 aliphatic heterocycles. The number of hydrogen-bond donors (Lipinski definition) is 1. The van der Waals surface area contributed by atoms with E-state index in [-0.39, 0.29) is 0 Å². The third-order valence-electron chi connectivity index (χ3n) is 5.09. The second kappa shape index (κ2) is 8.42.